The van der Waals surface area contributed by atoms with Gasteiger partial charge in [-0.25, -0.2) is 0 Å². The predicted molar refractivity (Wildman–Crippen MR) is 87.2 cm³/mol. The molecule has 1 N–H and O–H groups in total. The first-order valence-electron chi connectivity index (χ1n) is 8.37. The van der Waals surface area contributed by atoms with E-state index in [-0.39, 0.29) is 5.54 Å². The summed E-state index contributed by atoms with van der Waals surface area (Å²) in [7, 11) is 1.75. The second-order valence-electron chi connectivity index (χ2n) is 6.88. The van der Waals surface area contributed by atoms with Crippen LogP contribution in [0.5, 0.6) is 0 Å². The summed E-state index contributed by atoms with van der Waals surface area (Å²) in [5, 5.41) is 13.3. The van der Waals surface area contributed by atoms with Crippen LogP contribution in [0.3, 0.4) is 0 Å². The third-order valence-corrected chi connectivity index (χ3v) is 4.64. The minimum Gasteiger partial charge on any atom is -0.383 e. The normalized spacial score (nSPS) is 26.0. The molecule has 1 saturated carbocycles. The molecule has 0 spiro atoms. The van der Waals surface area contributed by atoms with Crippen LogP contribution in [0.25, 0.3) is 0 Å². The van der Waals surface area contributed by atoms with E-state index in [4.69, 9.17) is 4.74 Å². The molecule has 4 nitrogen and oxygen atoms in total. The van der Waals surface area contributed by atoms with Crippen LogP contribution in [0.15, 0.2) is 0 Å². The zero-order valence-corrected chi connectivity index (χ0v) is 14.5. The van der Waals surface area contributed by atoms with Crippen molar-refractivity contribution in [2.75, 3.05) is 26.8 Å². The second-order valence-corrected chi connectivity index (χ2v) is 6.88. The van der Waals surface area contributed by atoms with Crippen molar-refractivity contribution in [1.29, 1.82) is 5.26 Å². The third-order valence-electron chi connectivity index (χ3n) is 4.64. The van der Waals surface area contributed by atoms with Gasteiger partial charge in [0, 0.05) is 25.7 Å². The number of methoxy groups -OCH3 is 1. The number of nitrogens with zero attached hydrogens (tertiary/aromatic N) is 2. The van der Waals surface area contributed by atoms with Crippen LogP contribution < -0.4 is 5.32 Å². The summed E-state index contributed by atoms with van der Waals surface area (Å²) in [5.74, 6) is 0.466. The van der Waals surface area contributed by atoms with Crippen molar-refractivity contribution in [1.82, 2.24) is 10.2 Å². The van der Waals surface area contributed by atoms with Gasteiger partial charge < -0.3 is 4.74 Å². The fourth-order valence-corrected chi connectivity index (χ4v) is 3.51. The molecule has 2 unspecified atom stereocenters. The highest BCUT2D eigenvalue weighted by atomic mass is 16.5. The van der Waals surface area contributed by atoms with Crippen LogP contribution in [0.2, 0.25) is 0 Å². The van der Waals surface area contributed by atoms with Crippen molar-refractivity contribution in [3.63, 3.8) is 0 Å². The summed E-state index contributed by atoms with van der Waals surface area (Å²) in [6, 6.07) is 3.49. The number of hydrogen-bond donors (Lipinski definition) is 1. The Morgan fingerprint density at radius 1 is 1.33 bits per heavy atom. The Morgan fingerprint density at radius 2 is 2.05 bits per heavy atom. The second kappa shape index (κ2) is 8.73. The molecule has 0 bridgehead atoms. The smallest absolute Gasteiger partial charge is 0.109 e. The average Bonchev–Trinajstić information content (AvgIpc) is 2.81. The molecular formula is C17H33N3O. The summed E-state index contributed by atoms with van der Waals surface area (Å²) in [6.07, 6.45) is 4.42. The van der Waals surface area contributed by atoms with Gasteiger partial charge in [-0.2, -0.15) is 5.26 Å². The first-order valence-corrected chi connectivity index (χ1v) is 8.37. The maximum absolute atomic E-state index is 9.71. The van der Waals surface area contributed by atoms with Gasteiger partial charge in [-0.15, -0.1) is 0 Å². The van der Waals surface area contributed by atoms with Crippen LogP contribution in [-0.4, -0.2) is 49.3 Å². The SMILES string of the molecule is COCCN(CCC1CCCC1(C#N)NC(C)C)C(C)C. The van der Waals surface area contributed by atoms with Crippen molar-refractivity contribution in [3.05, 3.63) is 0 Å². The van der Waals surface area contributed by atoms with Gasteiger partial charge in [0.1, 0.15) is 5.54 Å². The van der Waals surface area contributed by atoms with Gasteiger partial charge in [0.25, 0.3) is 0 Å². The molecule has 4 heteroatoms. The number of nitriles is 1. The standard InChI is InChI=1S/C17H33N3O/c1-14(2)19-17(13-18)9-6-7-16(17)8-10-20(15(3)4)11-12-21-5/h14-16,19H,6-12H2,1-5H3. The Kier molecular flexibility index (Phi) is 7.65. The van der Waals surface area contributed by atoms with Crippen LogP contribution in [0.1, 0.15) is 53.4 Å². The Balaban J connectivity index is 2.61. The lowest BCUT2D eigenvalue weighted by Gasteiger charge is -2.34. The van der Waals surface area contributed by atoms with Crippen LogP contribution >= 0.6 is 0 Å². The molecule has 1 rings (SSSR count). The predicted octanol–water partition coefficient (Wildman–Crippen LogP) is 2.79. The fraction of sp³-hybridized carbons (Fsp3) is 0.941. The Bertz CT molecular complexity index is 337. The zero-order valence-electron chi connectivity index (χ0n) is 14.5. The van der Waals surface area contributed by atoms with E-state index in [2.05, 4.69) is 44.0 Å². The molecule has 1 aliphatic rings. The first kappa shape index (κ1) is 18.4. The highest BCUT2D eigenvalue weighted by Gasteiger charge is 2.43. The maximum Gasteiger partial charge on any atom is 0.109 e. The van der Waals surface area contributed by atoms with E-state index in [1.807, 2.05) is 0 Å². The van der Waals surface area contributed by atoms with E-state index in [1.54, 1.807) is 7.11 Å². The summed E-state index contributed by atoms with van der Waals surface area (Å²) in [6.45, 7) is 11.5. The van der Waals surface area contributed by atoms with Gasteiger partial charge in [0.2, 0.25) is 0 Å². The number of rotatable bonds is 9. The zero-order chi connectivity index (χ0) is 15.9. The molecule has 1 aliphatic carbocycles. The largest absolute Gasteiger partial charge is 0.383 e. The van der Waals surface area contributed by atoms with Crippen molar-refractivity contribution in [3.8, 4) is 6.07 Å². The minimum absolute atomic E-state index is 0.307. The summed E-state index contributed by atoms with van der Waals surface area (Å²) >= 11 is 0. The van der Waals surface area contributed by atoms with Gasteiger partial charge >= 0.3 is 0 Å². The Hall–Kier alpha value is -0.630. The van der Waals surface area contributed by atoms with Crippen LogP contribution in [0.4, 0.5) is 0 Å². The molecule has 0 amide bonds. The number of hydrogen-bond acceptors (Lipinski definition) is 4. The average molecular weight is 295 g/mol. The molecule has 1 fully saturated rings. The van der Waals surface area contributed by atoms with E-state index < -0.39 is 0 Å². The fourth-order valence-electron chi connectivity index (χ4n) is 3.51. The van der Waals surface area contributed by atoms with Crippen LogP contribution in [-0.2, 0) is 4.74 Å². The first-order chi connectivity index (χ1) is 9.95. The maximum atomic E-state index is 9.71. The molecule has 21 heavy (non-hydrogen) atoms. The molecular weight excluding hydrogens is 262 g/mol. The molecule has 0 aromatic rings. The summed E-state index contributed by atoms with van der Waals surface area (Å²) in [4.78, 5) is 2.46. The van der Waals surface area contributed by atoms with Gasteiger partial charge in [-0.3, -0.25) is 10.2 Å². The van der Waals surface area contributed by atoms with Crippen molar-refractivity contribution < 1.29 is 4.74 Å². The van der Waals surface area contributed by atoms with E-state index in [9.17, 15) is 5.26 Å². The lowest BCUT2D eigenvalue weighted by Crippen LogP contribution is -2.51. The van der Waals surface area contributed by atoms with E-state index in [0.717, 1.165) is 39.0 Å². The minimum atomic E-state index is -0.307. The monoisotopic (exact) mass is 295 g/mol. The number of nitrogens with one attached hydrogen (secondary N) is 1. The van der Waals surface area contributed by atoms with Gasteiger partial charge in [0.15, 0.2) is 0 Å². The molecule has 0 aliphatic heterocycles. The van der Waals surface area contributed by atoms with Crippen molar-refractivity contribution in [2.45, 2.75) is 71.0 Å². The third kappa shape index (κ3) is 5.25. The molecule has 0 radical (unpaired) electrons. The quantitative estimate of drug-likeness (QED) is 0.710. The molecule has 0 aromatic carbocycles. The van der Waals surface area contributed by atoms with Gasteiger partial charge in [-0.05, 0) is 59.4 Å². The van der Waals surface area contributed by atoms with E-state index in [0.29, 0.717) is 18.0 Å². The molecule has 0 saturated heterocycles. The topological polar surface area (TPSA) is 48.3 Å². The highest BCUT2D eigenvalue weighted by Crippen LogP contribution is 2.38. The van der Waals surface area contributed by atoms with Gasteiger partial charge in [-0.1, -0.05) is 6.42 Å². The Labute approximate surface area is 130 Å². The Morgan fingerprint density at radius 3 is 2.57 bits per heavy atom. The highest BCUT2D eigenvalue weighted by molar-refractivity contribution is 5.14. The van der Waals surface area contributed by atoms with Crippen molar-refractivity contribution >= 4 is 0 Å². The lowest BCUT2D eigenvalue weighted by atomic mass is 9.85. The molecule has 0 heterocycles. The number of ether oxygens (including phenoxy) is 1. The van der Waals surface area contributed by atoms with E-state index >= 15 is 0 Å². The van der Waals surface area contributed by atoms with Crippen LogP contribution in [0, 0.1) is 17.2 Å². The van der Waals surface area contributed by atoms with E-state index in [1.165, 1.54) is 6.42 Å². The molecule has 122 valence electrons. The van der Waals surface area contributed by atoms with Crippen molar-refractivity contribution in [2.24, 2.45) is 5.92 Å². The van der Waals surface area contributed by atoms with Gasteiger partial charge in [0.05, 0.1) is 12.7 Å². The summed E-state index contributed by atoms with van der Waals surface area (Å²) in [5.41, 5.74) is -0.307. The lowest BCUT2D eigenvalue weighted by molar-refractivity contribution is 0.120. The molecule has 0 aromatic heterocycles. The molecule has 2 atom stereocenters. The summed E-state index contributed by atoms with van der Waals surface area (Å²) < 4.78 is 5.20.